The molecular weight excluding hydrogens is 212 g/mol. The highest BCUT2D eigenvalue weighted by Crippen LogP contribution is 2.24. The third kappa shape index (κ3) is 2.09. The normalized spacial score (nSPS) is 12.0. The van der Waals surface area contributed by atoms with Gasteiger partial charge in [-0.3, -0.25) is 4.79 Å². The molecule has 0 atom stereocenters. The fraction of sp³-hybridized carbons (Fsp3) is 0.429. The first-order chi connectivity index (χ1) is 7.93. The van der Waals surface area contributed by atoms with Gasteiger partial charge in [-0.05, 0) is 23.1 Å². The van der Waals surface area contributed by atoms with Crippen LogP contribution in [-0.4, -0.2) is 15.4 Å². The zero-order valence-electron chi connectivity index (χ0n) is 10.8. The van der Waals surface area contributed by atoms with E-state index in [9.17, 15) is 4.79 Å². The van der Waals surface area contributed by atoms with E-state index >= 15 is 0 Å². The van der Waals surface area contributed by atoms with Crippen LogP contribution in [0.2, 0.25) is 0 Å². The molecule has 0 bridgehead atoms. The van der Waals surface area contributed by atoms with Crippen LogP contribution < -0.4 is 0 Å². The van der Waals surface area contributed by atoms with Crippen molar-refractivity contribution in [1.82, 2.24) is 9.61 Å². The van der Waals surface area contributed by atoms with Crippen molar-refractivity contribution in [3.05, 3.63) is 35.7 Å². The Hall–Kier alpha value is -1.64. The van der Waals surface area contributed by atoms with Gasteiger partial charge in [-0.15, -0.1) is 0 Å². The fourth-order valence-corrected chi connectivity index (χ4v) is 1.85. The molecular formula is C14H18N2O. The van der Waals surface area contributed by atoms with Crippen molar-refractivity contribution < 1.29 is 4.79 Å². The van der Waals surface area contributed by atoms with E-state index in [1.54, 1.807) is 10.7 Å². The summed E-state index contributed by atoms with van der Waals surface area (Å²) in [5, 5.41) is 4.21. The first kappa shape index (κ1) is 11.8. The summed E-state index contributed by atoms with van der Waals surface area (Å²) in [5.74, 6) is 0.144. The van der Waals surface area contributed by atoms with Crippen molar-refractivity contribution in [2.75, 3.05) is 0 Å². The minimum atomic E-state index is 0.0819. The fourth-order valence-electron chi connectivity index (χ4n) is 1.85. The van der Waals surface area contributed by atoms with Gasteiger partial charge in [0.15, 0.2) is 5.78 Å². The Morgan fingerprint density at radius 1 is 1.41 bits per heavy atom. The predicted octanol–water partition coefficient (Wildman–Crippen LogP) is 3.22. The molecule has 0 fully saturated rings. The van der Waals surface area contributed by atoms with Gasteiger partial charge < -0.3 is 0 Å². The number of nitrogens with zero attached hydrogens (tertiary/aromatic N) is 2. The second-order valence-electron chi connectivity index (χ2n) is 5.33. The number of rotatable bonds is 2. The minimum Gasteiger partial charge on any atom is -0.294 e. The molecule has 2 heterocycles. The highest BCUT2D eigenvalue weighted by Gasteiger charge is 2.17. The van der Waals surface area contributed by atoms with Crippen molar-refractivity contribution in [3.8, 4) is 0 Å². The third-order valence-electron chi connectivity index (χ3n) is 3.01. The molecule has 0 saturated heterocycles. The van der Waals surface area contributed by atoms with E-state index < -0.39 is 0 Å². The van der Waals surface area contributed by atoms with E-state index in [0.717, 1.165) is 11.1 Å². The van der Waals surface area contributed by atoms with Gasteiger partial charge in [0, 0.05) is 12.6 Å². The molecule has 0 amide bonds. The Kier molecular flexibility index (Phi) is 2.77. The molecule has 3 nitrogen and oxygen atoms in total. The molecule has 17 heavy (non-hydrogen) atoms. The number of carbonyl (C=O) groups excluding carboxylic acids is 1. The smallest absolute Gasteiger partial charge is 0.166 e. The van der Waals surface area contributed by atoms with Gasteiger partial charge in [0.05, 0.1) is 17.3 Å². The first-order valence-corrected chi connectivity index (χ1v) is 5.94. The highest BCUT2D eigenvalue weighted by atomic mass is 16.1. The summed E-state index contributed by atoms with van der Waals surface area (Å²) in [7, 11) is 0. The maximum atomic E-state index is 11.8. The van der Waals surface area contributed by atoms with E-state index in [0.29, 0.717) is 6.42 Å². The second-order valence-corrected chi connectivity index (χ2v) is 5.33. The second kappa shape index (κ2) is 3.99. The molecule has 0 aliphatic heterocycles. The lowest BCUT2D eigenvalue weighted by atomic mass is 9.87. The first-order valence-electron chi connectivity index (χ1n) is 5.94. The maximum absolute atomic E-state index is 11.8. The monoisotopic (exact) mass is 230 g/mol. The van der Waals surface area contributed by atoms with Gasteiger partial charge in [-0.2, -0.15) is 5.10 Å². The van der Waals surface area contributed by atoms with Crippen LogP contribution in [0.4, 0.5) is 0 Å². The molecule has 90 valence electrons. The van der Waals surface area contributed by atoms with Crippen LogP contribution in [0.25, 0.3) is 5.52 Å². The molecule has 0 N–H and O–H groups in total. The lowest BCUT2D eigenvalue weighted by Gasteiger charge is -2.19. The van der Waals surface area contributed by atoms with E-state index in [4.69, 9.17) is 0 Å². The summed E-state index contributed by atoms with van der Waals surface area (Å²) in [6, 6.07) is 4.12. The van der Waals surface area contributed by atoms with Crippen LogP contribution in [0.5, 0.6) is 0 Å². The zero-order chi connectivity index (χ0) is 12.6. The van der Waals surface area contributed by atoms with Crippen LogP contribution in [0, 0.1) is 0 Å². The Bertz CT molecular complexity index is 561. The average Bonchev–Trinajstić information content (AvgIpc) is 2.69. The number of hydrogen-bond acceptors (Lipinski definition) is 2. The standard InChI is InChI=1S/C14H18N2O/c1-5-13(17)11-9-15-16-7-6-10(8-12(11)16)14(2,3)4/h6-9H,5H2,1-4H3. The summed E-state index contributed by atoms with van der Waals surface area (Å²) in [4.78, 5) is 11.8. The largest absolute Gasteiger partial charge is 0.294 e. The van der Waals surface area contributed by atoms with Crippen LogP contribution in [0.3, 0.4) is 0 Å². The molecule has 0 saturated carbocycles. The topological polar surface area (TPSA) is 34.4 Å². The van der Waals surface area contributed by atoms with Crippen molar-refractivity contribution in [2.24, 2.45) is 0 Å². The van der Waals surface area contributed by atoms with Crippen molar-refractivity contribution in [2.45, 2.75) is 39.5 Å². The van der Waals surface area contributed by atoms with Gasteiger partial charge in [0.1, 0.15) is 0 Å². The van der Waals surface area contributed by atoms with Crippen molar-refractivity contribution in [3.63, 3.8) is 0 Å². The summed E-state index contributed by atoms with van der Waals surface area (Å²) in [5.41, 5.74) is 2.93. The minimum absolute atomic E-state index is 0.0819. The lowest BCUT2D eigenvalue weighted by molar-refractivity contribution is 0.0989. The van der Waals surface area contributed by atoms with Gasteiger partial charge >= 0.3 is 0 Å². The number of aromatic nitrogens is 2. The van der Waals surface area contributed by atoms with E-state index in [1.165, 1.54) is 5.56 Å². The van der Waals surface area contributed by atoms with Crippen LogP contribution >= 0.6 is 0 Å². The summed E-state index contributed by atoms with van der Waals surface area (Å²) in [6.07, 6.45) is 4.09. The summed E-state index contributed by atoms with van der Waals surface area (Å²) in [6.45, 7) is 8.36. The number of Topliss-reactive ketones (excluding diaryl/α,β-unsaturated/α-hetero) is 1. The van der Waals surface area contributed by atoms with Crippen LogP contribution in [0.1, 0.15) is 50.0 Å². The Morgan fingerprint density at radius 2 is 2.12 bits per heavy atom. The van der Waals surface area contributed by atoms with E-state index in [-0.39, 0.29) is 11.2 Å². The predicted molar refractivity (Wildman–Crippen MR) is 68.5 cm³/mol. The molecule has 0 aliphatic rings. The van der Waals surface area contributed by atoms with Crippen molar-refractivity contribution >= 4 is 11.3 Å². The molecule has 0 spiro atoms. The highest BCUT2D eigenvalue weighted by molar-refractivity contribution is 6.02. The van der Waals surface area contributed by atoms with Crippen molar-refractivity contribution in [1.29, 1.82) is 0 Å². The molecule has 3 heteroatoms. The molecule has 0 aliphatic carbocycles. The van der Waals surface area contributed by atoms with E-state index in [2.05, 4.69) is 38.0 Å². The summed E-state index contributed by atoms with van der Waals surface area (Å²) >= 11 is 0. The number of ketones is 1. The zero-order valence-corrected chi connectivity index (χ0v) is 10.8. The number of fused-ring (bicyclic) bond motifs is 1. The SMILES string of the molecule is CCC(=O)c1cnn2ccc(C(C)(C)C)cc12. The quantitative estimate of drug-likeness (QED) is 0.742. The number of pyridine rings is 1. The van der Waals surface area contributed by atoms with Gasteiger partial charge in [-0.1, -0.05) is 27.7 Å². The van der Waals surface area contributed by atoms with Gasteiger partial charge in [0.25, 0.3) is 0 Å². The molecule has 2 rings (SSSR count). The maximum Gasteiger partial charge on any atom is 0.166 e. The number of carbonyl (C=O) groups is 1. The Labute approximate surface area is 101 Å². The Morgan fingerprint density at radius 3 is 2.71 bits per heavy atom. The molecule has 2 aromatic heterocycles. The van der Waals surface area contributed by atoms with Gasteiger partial charge in [-0.25, -0.2) is 4.52 Å². The third-order valence-corrected chi connectivity index (χ3v) is 3.01. The lowest BCUT2D eigenvalue weighted by Crippen LogP contribution is -2.11. The Balaban J connectivity index is 2.62. The number of hydrogen-bond donors (Lipinski definition) is 0. The molecule has 0 aromatic carbocycles. The van der Waals surface area contributed by atoms with Gasteiger partial charge in [0.2, 0.25) is 0 Å². The molecule has 0 radical (unpaired) electrons. The van der Waals surface area contributed by atoms with Crippen LogP contribution in [0.15, 0.2) is 24.5 Å². The van der Waals surface area contributed by atoms with Crippen LogP contribution in [-0.2, 0) is 5.41 Å². The van der Waals surface area contributed by atoms with E-state index in [1.807, 2.05) is 13.1 Å². The molecule has 2 aromatic rings. The summed E-state index contributed by atoms with van der Waals surface area (Å²) < 4.78 is 1.76. The molecule has 0 unspecified atom stereocenters. The average molecular weight is 230 g/mol.